The molecule has 0 spiro atoms. The summed E-state index contributed by atoms with van der Waals surface area (Å²) in [4.78, 5) is 15.5. The SMILES string of the molecule is COc1ccc(-c2noc(-c3cccc(NC(C)=O)c3)n2)cc1. The molecule has 3 aromatic rings. The molecule has 1 aromatic heterocycles. The summed E-state index contributed by atoms with van der Waals surface area (Å²) < 4.78 is 10.4. The van der Waals surface area contributed by atoms with Crippen molar-refractivity contribution in [3.63, 3.8) is 0 Å². The zero-order valence-electron chi connectivity index (χ0n) is 12.7. The van der Waals surface area contributed by atoms with Crippen LogP contribution in [0.25, 0.3) is 22.8 Å². The van der Waals surface area contributed by atoms with E-state index in [4.69, 9.17) is 9.26 Å². The van der Waals surface area contributed by atoms with Crippen LogP contribution in [0.3, 0.4) is 0 Å². The quantitative estimate of drug-likeness (QED) is 0.799. The molecule has 3 rings (SSSR count). The number of hydrogen-bond acceptors (Lipinski definition) is 5. The summed E-state index contributed by atoms with van der Waals surface area (Å²) in [5.41, 5.74) is 2.25. The number of benzene rings is 2. The van der Waals surface area contributed by atoms with Gasteiger partial charge in [-0.2, -0.15) is 4.98 Å². The Bertz CT molecular complexity index is 825. The molecule has 23 heavy (non-hydrogen) atoms. The van der Waals surface area contributed by atoms with Gasteiger partial charge >= 0.3 is 0 Å². The molecule has 0 aliphatic carbocycles. The largest absolute Gasteiger partial charge is 0.497 e. The fourth-order valence-corrected chi connectivity index (χ4v) is 2.13. The van der Waals surface area contributed by atoms with Crippen molar-refractivity contribution in [1.82, 2.24) is 10.1 Å². The first-order valence-corrected chi connectivity index (χ1v) is 7.02. The highest BCUT2D eigenvalue weighted by Crippen LogP contribution is 2.25. The van der Waals surface area contributed by atoms with E-state index in [9.17, 15) is 4.79 Å². The van der Waals surface area contributed by atoms with Crippen LogP contribution >= 0.6 is 0 Å². The number of aromatic nitrogens is 2. The van der Waals surface area contributed by atoms with E-state index in [1.807, 2.05) is 36.4 Å². The van der Waals surface area contributed by atoms with Crippen molar-refractivity contribution >= 4 is 11.6 Å². The molecule has 0 radical (unpaired) electrons. The lowest BCUT2D eigenvalue weighted by Gasteiger charge is -2.02. The Morgan fingerprint density at radius 2 is 1.91 bits per heavy atom. The number of carbonyl (C=O) groups is 1. The number of amides is 1. The fourth-order valence-electron chi connectivity index (χ4n) is 2.13. The number of carbonyl (C=O) groups excluding carboxylic acids is 1. The van der Waals surface area contributed by atoms with Gasteiger partial charge in [0.05, 0.1) is 7.11 Å². The van der Waals surface area contributed by atoms with E-state index < -0.39 is 0 Å². The number of rotatable bonds is 4. The van der Waals surface area contributed by atoms with Crippen LogP contribution in [-0.2, 0) is 4.79 Å². The average Bonchev–Trinajstić information content (AvgIpc) is 3.04. The summed E-state index contributed by atoms with van der Waals surface area (Å²) in [5, 5.41) is 6.72. The Morgan fingerprint density at radius 3 is 2.61 bits per heavy atom. The van der Waals surface area contributed by atoms with Crippen molar-refractivity contribution in [2.75, 3.05) is 12.4 Å². The van der Waals surface area contributed by atoms with E-state index in [1.165, 1.54) is 6.92 Å². The van der Waals surface area contributed by atoms with E-state index in [0.29, 0.717) is 17.4 Å². The molecule has 6 nitrogen and oxygen atoms in total. The van der Waals surface area contributed by atoms with Crippen LogP contribution in [0.4, 0.5) is 5.69 Å². The number of hydrogen-bond donors (Lipinski definition) is 1. The Morgan fingerprint density at radius 1 is 1.13 bits per heavy atom. The van der Waals surface area contributed by atoms with E-state index in [0.717, 1.165) is 16.9 Å². The maximum atomic E-state index is 11.1. The second-order valence-electron chi connectivity index (χ2n) is 4.91. The lowest BCUT2D eigenvalue weighted by molar-refractivity contribution is -0.114. The Labute approximate surface area is 133 Å². The standard InChI is InChI=1S/C17H15N3O3/c1-11(21)18-14-5-3-4-13(10-14)17-19-16(20-23-17)12-6-8-15(22-2)9-7-12/h3-10H,1-2H3,(H,18,21). The molecule has 0 bridgehead atoms. The first-order chi connectivity index (χ1) is 11.2. The summed E-state index contributed by atoms with van der Waals surface area (Å²) in [7, 11) is 1.61. The van der Waals surface area contributed by atoms with Crippen molar-refractivity contribution in [2.45, 2.75) is 6.92 Å². The second-order valence-corrected chi connectivity index (χ2v) is 4.91. The van der Waals surface area contributed by atoms with Crippen molar-refractivity contribution in [3.05, 3.63) is 48.5 Å². The topological polar surface area (TPSA) is 77.3 Å². The maximum absolute atomic E-state index is 11.1. The summed E-state index contributed by atoms with van der Waals surface area (Å²) in [6.07, 6.45) is 0. The molecule has 0 aliphatic rings. The Hall–Kier alpha value is -3.15. The molecule has 116 valence electrons. The molecular weight excluding hydrogens is 294 g/mol. The van der Waals surface area contributed by atoms with Gasteiger partial charge in [-0.05, 0) is 42.5 Å². The molecule has 1 amide bonds. The van der Waals surface area contributed by atoms with Gasteiger partial charge in [-0.1, -0.05) is 11.2 Å². The molecule has 0 fully saturated rings. The fraction of sp³-hybridized carbons (Fsp3) is 0.118. The third-order valence-corrected chi connectivity index (χ3v) is 3.20. The monoisotopic (exact) mass is 309 g/mol. The first-order valence-electron chi connectivity index (χ1n) is 7.02. The third kappa shape index (κ3) is 3.37. The van der Waals surface area contributed by atoms with Gasteiger partial charge < -0.3 is 14.6 Å². The molecule has 0 aliphatic heterocycles. The minimum atomic E-state index is -0.133. The molecule has 0 saturated carbocycles. The zero-order chi connectivity index (χ0) is 16.2. The number of anilines is 1. The van der Waals surface area contributed by atoms with Crippen LogP contribution in [0.5, 0.6) is 5.75 Å². The molecule has 0 atom stereocenters. The van der Waals surface area contributed by atoms with E-state index >= 15 is 0 Å². The summed E-state index contributed by atoms with van der Waals surface area (Å²) >= 11 is 0. The summed E-state index contributed by atoms with van der Waals surface area (Å²) in [6, 6.07) is 14.6. The highest BCUT2D eigenvalue weighted by atomic mass is 16.5. The number of nitrogens with one attached hydrogen (secondary N) is 1. The first kappa shape index (κ1) is 14.8. The minimum absolute atomic E-state index is 0.133. The molecule has 2 aromatic carbocycles. The maximum Gasteiger partial charge on any atom is 0.258 e. The predicted molar refractivity (Wildman–Crippen MR) is 86.0 cm³/mol. The Balaban J connectivity index is 1.87. The molecule has 0 saturated heterocycles. The second kappa shape index (κ2) is 6.31. The number of nitrogens with zero attached hydrogens (tertiary/aromatic N) is 2. The minimum Gasteiger partial charge on any atom is -0.497 e. The molecule has 0 unspecified atom stereocenters. The smallest absolute Gasteiger partial charge is 0.258 e. The number of ether oxygens (including phenoxy) is 1. The van der Waals surface area contributed by atoms with E-state index in [2.05, 4.69) is 15.5 Å². The van der Waals surface area contributed by atoms with Crippen LogP contribution in [0.15, 0.2) is 53.1 Å². The lowest BCUT2D eigenvalue weighted by atomic mass is 10.2. The van der Waals surface area contributed by atoms with Crippen molar-refractivity contribution in [2.24, 2.45) is 0 Å². The summed E-state index contributed by atoms with van der Waals surface area (Å²) in [5.74, 6) is 1.52. The summed E-state index contributed by atoms with van der Waals surface area (Å²) in [6.45, 7) is 1.46. The van der Waals surface area contributed by atoms with Gasteiger partial charge in [0.1, 0.15) is 5.75 Å². The van der Waals surface area contributed by atoms with Crippen molar-refractivity contribution in [1.29, 1.82) is 0 Å². The molecule has 1 heterocycles. The average molecular weight is 309 g/mol. The molecule has 1 N–H and O–H groups in total. The highest BCUT2D eigenvalue weighted by Gasteiger charge is 2.11. The van der Waals surface area contributed by atoms with Crippen LogP contribution in [-0.4, -0.2) is 23.2 Å². The van der Waals surface area contributed by atoms with Gasteiger partial charge in [0.15, 0.2) is 0 Å². The lowest BCUT2D eigenvalue weighted by Crippen LogP contribution is -2.05. The molecular formula is C17H15N3O3. The third-order valence-electron chi connectivity index (χ3n) is 3.20. The van der Waals surface area contributed by atoms with Crippen LogP contribution in [0.2, 0.25) is 0 Å². The van der Waals surface area contributed by atoms with Crippen LogP contribution in [0.1, 0.15) is 6.92 Å². The van der Waals surface area contributed by atoms with Crippen molar-refractivity contribution < 1.29 is 14.1 Å². The van der Waals surface area contributed by atoms with E-state index in [-0.39, 0.29) is 5.91 Å². The number of methoxy groups -OCH3 is 1. The normalized spacial score (nSPS) is 10.3. The van der Waals surface area contributed by atoms with Gasteiger partial charge in [-0.15, -0.1) is 0 Å². The molecule has 6 heteroatoms. The van der Waals surface area contributed by atoms with Crippen LogP contribution < -0.4 is 10.1 Å². The Kier molecular flexibility index (Phi) is 4.05. The highest BCUT2D eigenvalue weighted by molar-refractivity contribution is 5.89. The van der Waals surface area contributed by atoms with Gasteiger partial charge in [0, 0.05) is 23.7 Å². The van der Waals surface area contributed by atoms with Crippen molar-refractivity contribution in [3.8, 4) is 28.6 Å². The van der Waals surface area contributed by atoms with Crippen LogP contribution in [0, 0.1) is 0 Å². The predicted octanol–water partition coefficient (Wildman–Crippen LogP) is 3.37. The van der Waals surface area contributed by atoms with E-state index in [1.54, 1.807) is 19.2 Å². The van der Waals surface area contributed by atoms with Gasteiger partial charge in [-0.25, -0.2) is 0 Å². The van der Waals surface area contributed by atoms with Gasteiger partial charge in [-0.3, -0.25) is 4.79 Å². The van der Waals surface area contributed by atoms with Gasteiger partial charge in [0.25, 0.3) is 5.89 Å². The van der Waals surface area contributed by atoms with Gasteiger partial charge in [0.2, 0.25) is 11.7 Å². The zero-order valence-corrected chi connectivity index (χ0v) is 12.7.